The zero-order chi connectivity index (χ0) is 21.9. The molecule has 1 aliphatic heterocycles. The Morgan fingerprint density at radius 1 is 1.20 bits per heavy atom. The molecular formula is C19H22F3N3O5. The van der Waals surface area contributed by atoms with Gasteiger partial charge in [-0.05, 0) is 12.1 Å². The van der Waals surface area contributed by atoms with E-state index in [1.54, 1.807) is 6.07 Å². The third kappa shape index (κ3) is 4.16. The number of aromatic nitrogens is 2. The van der Waals surface area contributed by atoms with Crippen molar-refractivity contribution in [2.75, 3.05) is 34.5 Å². The highest BCUT2D eigenvalue weighted by molar-refractivity contribution is 5.98. The van der Waals surface area contributed by atoms with Crippen molar-refractivity contribution in [3.05, 3.63) is 34.6 Å². The summed E-state index contributed by atoms with van der Waals surface area (Å²) in [5.41, 5.74) is -0.194. The number of rotatable bonds is 7. The van der Waals surface area contributed by atoms with Crippen LogP contribution in [0, 0.1) is 0 Å². The Bertz CT molecular complexity index is 927. The maximum absolute atomic E-state index is 13.2. The molecule has 30 heavy (non-hydrogen) atoms. The summed E-state index contributed by atoms with van der Waals surface area (Å²) < 4.78 is 61.9. The van der Waals surface area contributed by atoms with Gasteiger partial charge in [-0.2, -0.15) is 18.3 Å². The third-order valence-corrected chi connectivity index (χ3v) is 4.72. The van der Waals surface area contributed by atoms with Crippen LogP contribution in [0.4, 0.5) is 13.2 Å². The lowest BCUT2D eigenvalue weighted by atomic mass is 10.1. The van der Waals surface area contributed by atoms with Crippen molar-refractivity contribution in [3.63, 3.8) is 0 Å². The summed E-state index contributed by atoms with van der Waals surface area (Å²) in [5, 5.41) is 6.39. The highest BCUT2D eigenvalue weighted by Crippen LogP contribution is 2.39. The van der Waals surface area contributed by atoms with Crippen LogP contribution in [-0.4, -0.2) is 50.2 Å². The number of benzene rings is 1. The molecule has 0 saturated carbocycles. The van der Waals surface area contributed by atoms with Gasteiger partial charge in [-0.1, -0.05) is 0 Å². The second kappa shape index (κ2) is 8.82. The molecule has 1 aromatic carbocycles. The van der Waals surface area contributed by atoms with Crippen molar-refractivity contribution in [2.24, 2.45) is 0 Å². The number of fused-ring (bicyclic) bond motifs is 1. The molecule has 0 saturated heterocycles. The maximum Gasteiger partial charge on any atom is 0.435 e. The zero-order valence-electron chi connectivity index (χ0n) is 16.8. The van der Waals surface area contributed by atoms with Crippen LogP contribution < -0.4 is 19.5 Å². The molecule has 0 spiro atoms. The van der Waals surface area contributed by atoms with Gasteiger partial charge in [0.1, 0.15) is 0 Å². The van der Waals surface area contributed by atoms with Gasteiger partial charge in [-0.15, -0.1) is 0 Å². The lowest BCUT2D eigenvalue weighted by molar-refractivity contribution is -0.142. The van der Waals surface area contributed by atoms with E-state index in [1.165, 1.54) is 32.1 Å². The molecule has 0 radical (unpaired) electrons. The van der Waals surface area contributed by atoms with Crippen molar-refractivity contribution in [3.8, 4) is 17.2 Å². The first-order valence-electron chi connectivity index (χ1n) is 9.12. The highest BCUT2D eigenvalue weighted by atomic mass is 19.4. The van der Waals surface area contributed by atoms with E-state index in [-0.39, 0.29) is 42.3 Å². The summed E-state index contributed by atoms with van der Waals surface area (Å²) in [4.78, 5) is 12.6. The number of ether oxygens (including phenoxy) is 4. The molecule has 0 unspecified atom stereocenters. The Kier molecular flexibility index (Phi) is 6.40. The Labute approximate surface area is 170 Å². The van der Waals surface area contributed by atoms with Crippen LogP contribution >= 0.6 is 0 Å². The number of carbonyl (C=O) groups is 1. The number of nitrogens with one attached hydrogen (secondary N) is 1. The van der Waals surface area contributed by atoms with Crippen LogP contribution in [0.1, 0.15) is 27.3 Å². The van der Waals surface area contributed by atoms with Crippen molar-refractivity contribution in [1.29, 1.82) is 0 Å². The molecule has 3 rings (SSSR count). The van der Waals surface area contributed by atoms with Gasteiger partial charge in [0.05, 0.1) is 46.7 Å². The van der Waals surface area contributed by atoms with Crippen LogP contribution in [-0.2, 0) is 30.5 Å². The zero-order valence-corrected chi connectivity index (χ0v) is 16.8. The van der Waals surface area contributed by atoms with Gasteiger partial charge < -0.3 is 24.3 Å². The molecule has 1 N–H and O–H groups in total. The predicted molar refractivity (Wildman–Crippen MR) is 99.0 cm³/mol. The minimum absolute atomic E-state index is 0.0571. The quantitative estimate of drug-likeness (QED) is 0.728. The average molecular weight is 429 g/mol. The number of nitrogens with zero attached hydrogens (tertiary/aromatic N) is 2. The first kappa shape index (κ1) is 21.8. The van der Waals surface area contributed by atoms with Crippen LogP contribution in [0.15, 0.2) is 12.1 Å². The second-order valence-corrected chi connectivity index (χ2v) is 6.44. The van der Waals surface area contributed by atoms with E-state index in [4.69, 9.17) is 18.9 Å². The Balaban J connectivity index is 1.75. The second-order valence-electron chi connectivity index (χ2n) is 6.44. The van der Waals surface area contributed by atoms with Gasteiger partial charge in [0.15, 0.2) is 17.2 Å². The number of carbonyl (C=O) groups excluding carboxylic acids is 1. The van der Waals surface area contributed by atoms with Gasteiger partial charge in [-0.3, -0.25) is 9.48 Å². The van der Waals surface area contributed by atoms with E-state index in [0.29, 0.717) is 24.5 Å². The maximum atomic E-state index is 13.2. The predicted octanol–water partition coefficient (Wildman–Crippen LogP) is 2.43. The fraction of sp³-hybridized carbons (Fsp3) is 0.474. The third-order valence-electron chi connectivity index (χ3n) is 4.72. The first-order valence-corrected chi connectivity index (χ1v) is 9.12. The van der Waals surface area contributed by atoms with E-state index in [2.05, 4.69) is 10.4 Å². The van der Waals surface area contributed by atoms with Crippen LogP contribution in [0.5, 0.6) is 17.2 Å². The summed E-state index contributed by atoms with van der Waals surface area (Å²) in [7, 11) is 4.28. The molecule has 0 aliphatic carbocycles. The molecule has 1 amide bonds. The molecule has 1 aliphatic rings. The molecule has 0 atom stereocenters. The van der Waals surface area contributed by atoms with E-state index in [9.17, 15) is 18.0 Å². The Morgan fingerprint density at radius 2 is 1.93 bits per heavy atom. The summed E-state index contributed by atoms with van der Waals surface area (Å²) in [6.07, 6.45) is -4.23. The number of amides is 1. The highest BCUT2D eigenvalue weighted by Gasteiger charge is 2.39. The topological polar surface area (TPSA) is 83.8 Å². The molecule has 11 heteroatoms. The number of hydrogen-bond acceptors (Lipinski definition) is 6. The minimum Gasteiger partial charge on any atom is -0.493 e. The molecule has 8 nitrogen and oxygen atoms in total. The minimum atomic E-state index is -4.56. The summed E-state index contributed by atoms with van der Waals surface area (Å²) in [6.45, 7) is 0.354. The molecule has 2 heterocycles. The van der Waals surface area contributed by atoms with Gasteiger partial charge >= 0.3 is 6.18 Å². The van der Waals surface area contributed by atoms with Crippen molar-refractivity contribution >= 4 is 5.91 Å². The normalized spacial score (nSPS) is 13.5. The molecule has 164 valence electrons. The van der Waals surface area contributed by atoms with E-state index < -0.39 is 17.8 Å². The average Bonchev–Trinajstić information content (AvgIpc) is 3.11. The summed E-state index contributed by atoms with van der Waals surface area (Å²) >= 11 is 0. The van der Waals surface area contributed by atoms with E-state index >= 15 is 0 Å². The van der Waals surface area contributed by atoms with Crippen LogP contribution in [0.3, 0.4) is 0 Å². The smallest absolute Gasteiger partial charge is 0.435 e. The molecule has 0 bridgehead atoms. The van der Waals surface area contributed by atoms with Gasteiger partial charge in [-0.25, -0.2) is 0 Å². The van der Waals surface area contributed by atoms with Crippen LogP contribution in [0.2, 0.25) is 0 Å². The van der Waals surface area contributed by atoms with Gasteiger partial charge in [0.2, 0.25) is 5.75 Å². The van der Waals surface area contributed by atoms with Gasteiger partial charge in [0.25, 0.3) is 5.91 Å². The molecule has 2 aromatic rings. The Morgan fingerprint density at radius 3 is 2.57 bits per heavy atom. The monoisotopic (exact) mass is 429 g/mol. The lowest BCUT2D eigenvalue weighted by Gasteiger charge is -2.16. The van der Waals surface area contributed by atoms with Gasteiger partial charge in [0, 0.05) is 24.2 Å². The number of hydrogen-bond donors (Lipinski definition) is 1. The Hall–Kier alpha value is -2.95. The standard InChI is InChI=1S/C19H22F3N3O5/c1-27-14-5-4-11(15(28-2)16(14)29-3)18(26)23-7-8-25-13-6-9-30-10-12(13)17(24-25)19(20,21)22/h4-5H,6-10H2,1-3H3,(H,23,26). The van der Waals surface area contributed by atoms with E-state index in [1.807, 2.05) is 0 Å². The largest absolute Gasteiger partial charge is 0.493 e. The summed E-state index contributed by atoms with van der Waals surface area (Å²) in [5.74, 6) is 0.398. The molecule has 0 fully saturated rings. The van der Waals surface area contributed by atoms with Crippen molar-refractivity contribution < 1.29 is 36.9 Å². The number of methoxy groups -OCH3 is 3. The first-order chi connectivity index (χ1) is 14.3. The SMILES string of the molecule is COc1ccc(C(=O)NCCn2nc(C(F)(F)F)c3c2CCOC3)c(OC)c1OC. The van der Waals surface area contributed by atoms with Crippen molar-refractivity contribution in [2.45, 2.75) is 25.7 Å². The fourth-order valence-electron chi connectivity index (χ4n) is 3.37. The van der Waals surface area contributed by atoms with Crippen molar-refractivity contribution in [1.82, 2.24) is 15.1 Å². The lowest BCUT2D eigenvalue weighted by Crippen LogP contribution is -2.29. The van der Waals surface area contributed by atoms with E-state index in [0.717, 1.165) is 0 Å². The molecular weight excluding hydrogens is 407 g/mol. The number of halogens is 3. The fourth-order valence-corrected chi connectivity index (χ4v) is 3.37. The van der Waals surface area contributed by atoms with Crippen LogP contribution in [0.25, 0.3) is 0 Å². The number of alkyl halides is 3. The summed E-state index contributed by atoms with van der Waals surface area (Å²) in [6, 6.07) is 3.08. The molecule has 1 aromatic heterocycles.